The van der Waals surface area contributed by atoms with Crippen LogP contribution in [0.5, 0.6) is 0 Å². The highest BCUT2D eigenvalue weighted by Crippen LogP contribution is 2.36. The zero-order chi connectivity index (χ0) is 14.5. The Kier molecular flexibility index (Phi) is 6.27. The largest absolute Gasteiger partial charge is 0.468 e. The van der Waals surface area contributed by atoms with Gasteiger partial charge >= 0.3 is 5.97 Å². The standard InChI is InChI=1S/C15H30N2O2/c1-12(2)13-6-8-15(9-7-13,14(18)19-5)16-10-11-17(3)4/h12-13,16H,6-11H2,1-5H3. The molecule has 4 nitrogen and oxygen atoms in total. The molecule has 1 rings (SSSR count). The minimum Gasteiger partial charge on any atom is -0.468 e. The van der Waals surface area contributed by atoms with Crippen LogP contribution in [0.2, 0.25) is 0 Å². The number of hydrogen-bond acceptors (Lipinski definition) is 4. The Morgan fingerprint density at radius 2 is 1.95 bits per heavy atom. The molecule has 112 valence electrons. The number of nitrogens with one attached hydrogen (secondary N) is 1. The molecule has 1 aliphatic rings. The number of nitrogens with zero attached hydrogens (tertiary/aromatic N) is 1. The summed E-state index contributed by atoms with van der Waals surface area (Å²) in [5.74, 6) is 1.36. The molecular weight excluding hydrogens is 240 g/mol. The lowest BCUT2D eigenvalue weighted by molar-refractivity contribution is -0.150. The zero-order valence-corrected chi connectivity index (χ0v) is 13.2. The quantitative estimate of drug-likeness (QED) is 0.749. The van der Waals surface area contributed by atoms with Gasteiger partial charge in [-0.2, -0.15) is 0 Å². The molecule has 0 spiro atoms. The van der Waals surface area contributed by atoms with E-state index in [1.54, 1.807) is 0 Å². The summed E-state index contributed by atoms with van der Waals surface area (Å²) < 4.78 is 5.03. The molecule has 0 aromatic carbocycles. The van der Waals surface area contributed by atoms with Crippen molar-refractivity contribution in [2.45, 2.75) is 45.1 Å². The van der Waals surface area contributed by atoms with E-state index in [2.05, 4.69) is 24.1 Å². The Morgan fingerprint density at radius 1 is 1.37 bits per heavy atom. The Balaban J connectivity index is 2.61. The van der Waals surface area contributed by atoms with Crippen molar-refractivity contribution in [1.29, 1.82) is 0 Å². The third-order valence-corrected chi connectivity index (χ3v) is 4.43. The maximum atomic E-state index is 12.1. The molecule has 0 heterocycles. The highest BCUT2D eigenvalue weighted by atomic mass is 16.5. The van der Waals surface area contributed by atoms with Crippen LogP contribution in [0.25, 0.3) is 0 Å². The fraction of sp³-hybridized carbons (Fsp3) is 0.933. The number of ether oxygens (including phenoxy) is 1. The Bertz CT molecular complexity index is 276. The maximum absolute atomic E-state index is 12.1. The third kappa shape index (κ3) is 4.46. The molecular formula is C15H30N2O2. The second-order valence-corrected chi connectivity index (χ2v) is 6.39. The first-order chi connectivity index (χ1) is 8.91. The lowest BCUT2D eigenvalue weighted by Gasteiger charge is -2.40. The van der Waals surface area contributed by atoms with Crippen LogP contribution in [-0.4, -0.2) is 50.7 Å². The average molecular weight is 270 g/mol. The summed E-state index contributed by atoms with van der Waals surface area (Å²) in [6, 6.07) is 0. The highest BCUT2D eigenvalue weighted by molar-refractivity contribution is 5.80. The van der Waals surface area contributed by atoms with E-state index >= 15 is 0 Å². The summed E-state index contributed by atoms with van der Waals surface area (Å²) in [7, 11) is 5.58. The van der Waals surface area contributed by atoms with Crippen LogP contribution >= 0.6 is 0 Å². The number of likely N-dealkylation sites (N-methyl/N-ethyl adjacent to an activating group) is 1. The predicted octanol–water partition coefficient (Wildman–Crippen LogP) is 1.90. The number of carbonyl (C=O) groups excluding carboxylic acids is 1. The highest BCUT2D eigenvalue weighted by Gasteiger charge is 2.42. The first-order valence-electron chi connectivity index (χ1n) is 7.39. The van der Waals surface area contributed by atoms with Crippen molar-refractivity contribution in [3.63, 3.8) is 0 Å². The number of carbonyl (C=O) groups is 1. The van der Waals surface area contributed by atoms with E-state index in [9.17, 15) is 4.79 Å². The zero-order valence-electron chi connectivity index (χ0n) is 13.2. The van der Waals surface area contributed by atoms with E-state index in [1.165, 1.54) is 7.11 Å². The topological polar surface area (TPSA) is 41.6 Å². The third-order valence-electron chi connectivity index (χ3n) is 4.43. The van der Waals surface area contributed by atoms with Crippen LogP contribution < -0.4 is 5.32 Å². The van der Waals surface area contributed by atoms with Gasteiger partial charge in [0.15, 0.2) is 0 Å². The molecule has 0 saturated heterocycles. The molecule has 0 unspecified atom stereocenters. The molecule has 0 bridgehead atoms. The van der Waals surface area contributed by atoms with E-state index < -0.39 is 5.54 Å². The van der Waals surface area contributed by atoms with Crippen LogP contribution in [0, 0.1) is 11.8 Å². The summed E-state index contributed by atoms with van der Waals surface area (Å²) in [5, 5.41) is 3.46. The number of rotatable bonds is 6. The van der Waals surface area contributed by atoms with Gasteiger partial charge in [-0.25, -0.2) is 0 Å². The van der Waals surface area contributed by atoms with E-state index in [-0.39, 0.29) is 5.97 Å². The van der Waals surface area contributed by atoms with Gasteiger partial charge in [0, 0.05) is 13.1 Å². The van der Waals surface area contributed by atoms with E-state index in [0.717, 1.165) is 44.7 Å². The van der Waals surface area contributed by atoms with Crippen LogP contribution in [0.1, 0.15) is 39.5 Å². The molecule has 0 atom stereocenters. The minimum atomic E-state index is -0.448. The predicted molar refractivity (Wildman–Crippen MR) is 78.1 cm³/mol. The fourth-order valence-electron chi connectivity index (χ4n) is 2.97. The number of hydrogen-bond donors (Lipinski definition) is 1. The first-order valence-corrected chi connectivity index (χ1v) is 7.39. The number of esters is 1. The second kappa shape index (κ2) is 7.25. The van der Waals surface area contributed by atoms with Gasteiger partial charge in [-0.05, 0) is 51.6 Å². The molecule has 1 N–H and O–H groups in total. The van der Waals surface area contributed by atoms with Crippen LogP contribution in [-0.2, 0) is 9.53 Å². The molecule has 0 radical (unpaired) electrons. The summed E-state index contributed by atoms with van der Waals surface area (Å²) in [6.07, 6.45) is 4.02. The average Bonchev–Trinajstić information content (AvgIpc) is 2.37. The molecule has 0 aromatic rings. The molecule has 1 aliphatic carbocycles. The van der Waals surface area contributed by atoms with Gasteiger partial charge < -0.3 is 15.0 Å². The SMILES string of the molecule is COC(=O)C1(NCCN(C)C)CCC(C(C)C)CC1. The molecule has 1 saturated carbocycles. The van der Waals surface area contributed by atoms with Crippen LogP contribution in [0.3, 0.4) is 0 Å². The molecule has 0 amide bonds. The van der Waals surface area contributed by atoms with Gasteiger partial charge in [-0.15, -0.1) is 0 Å². The summed E-state index contributed by atoms with van der Waals surface area (Å²) in [5.41, 5.74) is -0.448. The van der Waals surface area contributed by atoms with Crippen molar-refractivity contribution >= 4 is 5.97 Å². The van der Waals surface area contributed by atoms with Crippen LogP contribution in [0.15, 0.2) is 0 Å². The second-order valence-electron chi connectivity index (χ2n) is 6.39. The van der Waals surface area contributed by atoms with Crippen molar-refractivity contribution in [3.05, 3.63) is 0 Å². The minimum absolute atomic E-state index is 0.0894. The molecule has 0 aromatic heterocycles. The monoisotopic (exact) mass is 270 g/mol. The fourth-order valence-corrected chi connectivity index (χ4v) is 2.97. The Labute approximate surface area is 117 Å². The van der Waals surface area contributed by atoms with Gasteiger partial charge in [0.2, 0.25) is 0 Å². The summed E-state index contributed by atoms with van der Waals surface area (Å²) in [4.78, 5) is 14.3. The van der Waals surface area contributed by atoms with E-state index in [1.807, 2.05) is 14.1 Å². The first kappa shape index (κ1) is 16.4. The lowest BCUT2D eigenvalue weighted by Crippen LogP contribution is -2.56. The molecule has 19 heavy (non-hydrogen) atoms. The molecule has 0 aliphatic heterocycles. The Morgan fingerprint density at radius 3 is 2.37 bits per heavy atom. The summed E-state index contributed by atoms with van der Waals surface area (Å²) in [6.45, 7) is 6.31. The number of methoxy groups -OCH3 is 1. The van der Waals surface area contributed by atoms with Gasteiger partial charge in [-0.1, -0.05) is 13.8 Å². The van der Waals surface area contributed by atoms with Gasteiger partial charge in [0.25, 0.3) is 0 Å². The molecule has 4 heteroatoms. The van der Waals surface area contributed by atoms with Gasteiger partial charge in [0.1, 0.15) is 5.54 Å². The molecule has 1 fully saturated rings. The van der Waals surface area contributed by atoms with Crippen molar-refractivity contribution in [2.75, 3.05) is 34.3 Å². The Hall–Kier alpha value is -0.610. The van der Waals surface area contributed by atoms with E-state index in [4.69, 9.17) is 4.74 Å². The van der Waals surface area contributed by atoms with Crippen molar-refractivity contribution in [3.8, 4) is 0 Å². The van der Waals surface area contributed by atoms with Crippen molar-refractivity contribution in [2.24, 2.45) is 11.8 Å². The summed E-state index contributed by atoms with van der Waals surface area (Å²) >= 11 is 0. The van der Waals surface area contributed by atoms with Gasteiger partial charge in [-0.3, -0.25) is 4.79 Å². The van der Waals surface area contributed by atoms with Gasteiger partial charge in [0.05, 0.1) is 7.11 Å². The van der Waals surface area contributed by atoms with Crippen molar-refractivity contribution < 1.29 is 9.53 Å². The van der Waals surface area contributed by atoms with Crippen molar-refractivity contribution in [1.82, 2.24) is 10.2 Å². The van der Waals surface area contributed by atoms with Crippen LogP contribution in [0.4, 0.5) is 0 Å². The maximum Gasteiger partial charge on any atom is 0.326 e. The van der Waals surface area contributed by atoms with E-state index in [0.29, 0.717) is 5.92 Å². The normalized spacial score (nSPS) is 27.8. The lowest BCUT2D eigenvalue weighted by atomic mass is 9.72. The smallest absolute Gasteiger partial charge is 0.326 e.